The second kappa shape index (κ2) is 7.72. The van der Waals surface area contributed by atoms with Crippen LogP contribution in [0.1, 0.15) is 12.0 Å². The van der Waals surface area contributed by atoms with Crippen molar-refractivity contribution < 1.29 is 14.3 Å². The molecule has 1 heterocycles. The molecule has 0 unspecified atom stereocenters. The summed E-state index contributed by atoms with van der Waals surface area (Å²) in [4.78, 5) is 26.7. The fourth-order valence-electron chi connectivity index (χ4n) is 3.73. The molecule has 1 atom stereocenters. The molecule has 0 aliphatic carbocycles. The Kier molecular flexibility index (Phi) is 4.98. The van der Waals surface area contributed by atoms with Crippen molar-refractivity contribution in [3.8, 4) is 5.75 Å². The lowest BCUT2D eigenvalue weighted by Gasteiger charge is -2.18. The van der Waals surface area contributed by atoms with Crippen LogP contribution in [-0.4, -0.2) is 31.5 Å². The molecule has 2 amide bonds. The number of rotatable bonds is 5. The first-order valence-electron chi connectivity index (χ1n) is 9.34. The fourth-order valence-corrected chi connectivity index (χ4v) is 3.73. The van der Waals surface area contributed by atoms with Gasteiger partial charge in [0, 0.05) is 24.7 Å². The van der Waals surface area contributed by atoms with Crippen LogP contribution < -0.4 is 15.0 Å². The molecule has 5 heteroatoms. The van der Waals surface area contributed by atoms with E-state index in [1.54, 1.807) is 12.0 Å². The molecule has 3 aromatic rings. The molecule has 0 saturated carbocycles. The van der Waals surface area contributed by atoms with Gasteiger partial charge in [0.25, 0.3) is 0 Å². The lowest BCUT2D eigenvalue weighted by molar-refractivity contribution is -0.121. The minimum Gasteiger partial charge on any atom is -0.497 e. The maximum Gasteiger partial charge on any atom is 0.229 e. The third kappa shape index (κ3) is 3.69. The van der Waals surface area contributed by atoms with Crippen molar-refractivity contribution in [1.29, 1.82) is 0 Å². The van der Waals surface area contributed by atoms with E-state index in [1.165, 1.54) is 0 Å². The molecule has 1 aliphatic heterocycles. The van der Waals surface area contributed by atoms with E-state index in [0.717, 1.165) is 22.0 Å². The van der Waals surface area contributed by atoms with Gasteiger partial charge in [-0.05, 0) is 28.5 Å². The van der Waals surface area contributed by atoms with Crippen LogP contribution in [0.4, 0.5) is 5.69 Å². The van der Waals surface area contributed by atoms with Gasteiger partial charge in [-0.15, -0.1) is 0 Å². The Morgan fingerprint density at radius 3 is 2.75 bits per heavy atom. The normalized spacial score (nSPS) is 16.4. The fraction of sp³-hybridized carbons (Fsp3) is 0.217. The third-order valence-corrected chi connectivity index (χ3v) is 5.09. The smallest absolute Gasteiger partial charge is 0.229 e. The Balaban J connectivity index is 1.43. The van der Waals surface area contributed by atoms with Crippen LogP contribution in [0.5, 0.6) is 5.75 Å². The minimum atomic E-state index is -0.193. The zero-order chi connectivity index (χ0) is 19.5. The average molecular weight is 374 g/mol. The molecule has 0 radical (unpaired) electrons. The predicted octanol–water partition coefficient (Wildman–Crippen LogP) is 3.31. The Labute approximate surface area is 163 Å². The Bertz CT molecular complexity index is 1030. The van der Waals surface area contributed by atoms with E-state index in [-0.39, 0.29) is 17.9 Å². The van der Waals surface area contributed by atoms with Crippen LogP contribution in [0.2, 0.25) is 0 Å². The van der Waals surface area contributed by atoms with E-state index in [4.69, 9.17) is 4.74 Å². The summed E-state index contributed by atoms with van der Waals surface area (Å²) >= 11 is 0. The van der Waals surface area contributed by atoms with Crippen molar-refractivity contribution in [1.82, 2.24) is 5.32 Å². The largest absolute Gasteiger partial charge is 0.497 e. The minimum absolute atomic E-state index is 0.00344. The van der Waals surface area contributed by atoms with Crippen molar-refractivity contribution in [2.45, 2.75) is 18.9 Å². The van der Waals surface area contributed by atoms with E-state index in [9.17, 15) is 9.59 Å². The van der Waals surface area contributed by atoms with E-state index in [0.29, 0.717) is 25.1 Å². The Morgan fingerprint density at radius 2 is 1.89 bits per heavy atom. The second-order valence-electron chi connectivity index (χ2n) is 6.99. The van der Waals surface area contributed by atoms with Crippen LogP contribution in [-0.2, 0) is 16.0 Å². The van der Waals surface area contributed by atoms with E-state index in [1.807, 2.05) is 66.7 Å². The summed E-state index contributed by atoms with van der Waals surface area (Å²) in [5.41, 5.74) is 1.78. The average Bonchev–Trinajstić information content (AvgIpc) is 3.08. The lowest BCUT2D eigenvalue weighted by atomic mass is 10.0. The molecule has 1 fully saturated rings. The van der Waals surface area contributed by atoms with Crippen LogP contribution >= 0.6 is 0 Å². The molecule has 4 rings (SSSR count). The molecular formula is C23H22N2O3. The zero-order valence-electron chi connectivity index (χ0n) is 15.7. The maximum absolute atomic E-state index is 12.6. The van der Waals surface area contributed by atoms with Crippen LogP contribution in [0.3, 0.4) is 0 Å². The predicted molar refractivity (Wildman–Crippen MR) is 110 cm³/mol. The highest BCUT2D eigenvalue weighted by atomic mass is 16.5. The summed E-state index contributed by atoms with van der Waals surface area (Å²) in [6.07, 6.45) is 0.601. The monoisotopic (exact) mass is 374 g/mol. The van der Waals surface area contributed by atoms with Gasteiger partial charge in [-0.2, -0.15) is 0 Å². The highest BCUT2D eigenvalue weighted by Gasteiger charge is 2.31. The Hall–Kier alpha value is -3.34. The lowest BCUT2D eigenvalue weighted by Crippen LogP contribution is -2.38. The molecule has 1 aliphatic rings. The van der Waals surface area contributed by atoms with Gasteiger partial charge >= 0.3 is 0 Å². The van der Waals surface area contributed by atoms with Crippen LogP contribution in [0.15, 0.2) is 66.7 Å². The first kappa shape index (κ1) is 18.0. The van der Waals surface area contributed by atoms with Crippen LogP contribution in [0.25, 0.3) is 10.8 Å². The molecule has 5 nitrogen and oxygen atoms in total. The number of hydrogen-bond donors (Lipinski definition) is 1. The molecule has 0 bridgehead atoms. The first-order valence-corrected chi connectivity index (χ1v) is 9.34. The number of amides is 2. The maximum atomic E-state index is 12.6. The summed E-state index contributed by atoms with van der Waals surface area (Å²) in [5.74, 6) is 0.638. The highest BCUT2D eigenvalue weighted by molar-refractivity contribution is 5.97. The van der Waals surface area contributed by atoms with E-state index in [2.05, 4.69) is 5.32 Å². The number of benzene rings is 3. The van der Waals surface area contributed by atoms with Crippen molar-refractivity contribution in [2.75, 3.05) is 18.6 Å². The van der Waals surface area contributed by atoms with Crippen LogP contribution in [0, 0.1) is 0 Å². The summed E-state index contributed by atoms with van der Waals surface area (Å²) in [5, 5.41) is 5.22. The Morgan fingerprint density at radius 1 is 1.11 bits per heavy atom. The van der Waals surface area contributed by atoms with Crippen molar-refractivity contribution >= 4 is 28.3 Å². The van der Waals surface area contributed by atoms with Crippen molar-refractivity contribution in [3.63, 3.8) is 0 Å². The quantitative estimate of drug-likeness (QED) is 0.745. The number of methoxy groups -OCH3 is 1. The van der Waals surface area contributed by atoms with Gasteiger partial charge in [-0.1, -0.05) is 48.5 Å². The highest BCUT2D eigenvalue weighted by Crippen LogP contribution is 2.25. The number of carbonyl (C=O) groups is 2. The molecule has 0 spiro atoms. The van der Waals surface area contributed by atoms with Gasteiger partial charge in [0.2, 0.25) is 11.8 Å². The molecule has 3 aromatic carbocycles. The number of ether oxygens (including phenoxy) is 1. The molecule has 142 valence electrons. The summed E-state index contributed by atoms with van der Waals surface area (Å²) in [6, 6.07) is 21.2. The number of nitrogens with one attached hydrogen (secondary N) is 1. The number of anilines is 1. The summed E-state index contributed by atoms with van der Waals surface area (Å²) in [7, 11) is 1.60. The number of carbonyl (C=O) groups excluding carboxylic acids is 2. The number of fused-ring (bicyclic) bond motifs is 1. The molecule has 28 heavy (non-hydrogen) atoms. The summed E-state index contributed by atoms with van der Waals surface area (Å²) in [6.45, 7) is 0.466. The molecule has 1 N–H and O–H groups in total. The van der Waals surface area contributed by atoms with Gasteiger partial charge < -0.3 is 15.0 Å². The van der Waals surface area contributed by atoms with E-state index < -0.39 is 0 Å². The number of hydrogen-bond acceptors (Lipinski definition) is 3. The molecular weight excluding hydrogens is 352 g/mol. The summed E-state index contributed by atoms with van der Waals surface area (Å²) < 4.78 is 5.23. The van der Waals surface area contributed by atoms with E-state index >= 15 is 0 Å². The van der Waals surface area contributed by atoms with Gasteiger partial charge in [0.15, 0.2) is 0 Å². The van der Waals surface area contributed by atoms with Gasteiger partial charge in [0.05, 0.1) is 19.6 Å². The van der Waals surface area contributed by atoms with Crippen molar-refractivity contribution in [2.24, 2.45) is 0 Å². The number of nitrogens with zero attached hydrogens (tertiary/aromatic N) is 1. The standard InChI is InChI=1S/C23H22N2O3/c1-28-20-10-5-9-19(14-20)25-15-18(13-23(25)27)24-22(26)12-17-8-4-7-16-6-2-3-11-21(16)17/h2-11,14,18H,12-13,15H2,1H3,(H,24,26)/t18-/m1/s1. The third-order valence-electron chi connectivity index (χ3n) is 5.09. The van der Waals surface area contributed by atoms with Gasteiger partial charge in [0.1, 0.15) is 5.75 Å². The zero-order valence-corrected chi connectivity index (χ0v) is 15.7. The molecule has 1 saturated heterocycles. The van der Waals surface area contributed by atoms with Crippen molar-refractivity contribution in [3.05, 3.63) is 72.3 Å². The second-order valence-corrected chi connectivity index (χ2v) is 6.99. The molecule has 0 aromatic heterocycles. The van der Waals surface area contributed by atoms with Gasteiger partial charge in [-0.25, -0.2) is 0 Å². The van der Waals surface area contributed by atoms with Gasteiger partial charge in [-0.3, -0.25) is 9.59 Å². The first-order chi connectivity index (χ1) is 13.6. The SMILES string of the molecule is COc1cccc(N2C[C@H](NC(=O)Cc3cccc4ccccc34)CC2=O)c1. The topological polar surface area (TPSA) is 58.6 Å².